The number of hydrogen-bond donors (Lipinski definition) is 1. The van der Waals surface area contributed by atoms with Crippen molar-refractivity contribution in [1.82, 2.24) is 4.90 Å². The molecule has 2 aromatic carbocycles. The van der Waals surface area contributed by atoms with Crippen LogP contribution >= 0.6 is 0 Å². The van der Waals surface area contributed by atoms with E-state index >= 15 is 0 Å². The first-order valence-electron chi connectivity index (χ1n) is 9.18. The minimum absolute atomic E-state index is 0.108. The molecule has 2 aliphatic rings. The predicted molar refractivity (Wildman–Crippen MR) is 107 cm³/mol. The van der Waals surface area contributed by atoms with Gasteiger partial charge in [0.1, 0.15) is 11.7 Å². The quantitative estimate of drug-likeness (QED) is 0.844. The molecule has 2 unspecified atom stereocenters. The van der Waals surface area contributed by atoms with Gasteiger partial charge in [-0.15, -0.1) is 0 Å². The van der Waals surface area contributed by atoms with E-state index in [-0.39, 0.29) is 11.7 Å². The Labute approximate surface area is 158 Å². The molecule has 140 valence electrons. The Morgan fingerprint density at radius 3 is 2.81 bits per heavy atom. The van der Waals surface area contributed by atoms with E-state index in [1.54, 1.807) is 18.3 Å². The van der Waals surface area contributed by atoms with Gasteiger partial charge in [-0.3, -0.25) is 9.79 Å². The second-order valence-corrected chi connectivity index (χ2v) is 7.32. The van der Waals surface area contributed by atoms with Gasteiger partial charge in [0.15, 0.2) is 0 Å². The first kappa shape index (κ1) is 17.7. The summed E-state index contributed by atoms with van der Waals surface area (Å²) in [6.45, 7) is 1.67. The Kier molecular flexibility index (Phi) is 4.66. The Morgan fingerprint density at radius 2 is 2.07 bits per heavy atom. The first-order chi connectivity index (χ1) is 13.0. The lowest BCUT2D eigenvalue weighted by Crippen LogP contribution is -2.31. The molecule has 0 aliphatic carbocycles. The molecule has 5 nitrogen and oxygen atoms in total. The van der Waals surface area contributed by atoms with Crippen LogP contribution in [0.5, 0.6) is 0 Å². The number of anilines is 2. The molecule has 1 amide bonds. The second-order valence-electron chi connectivity index (χ2n) is 7.32. The number of nitrogens with one attached hydrogen (secondary N) is 1. The highest BCUT2D eigenvalue weighted by atomic mass is 19.1. The van der Waals surface area contributed by atoms with Gasteiger partial charge in [0.25, 0.3) is 0 Å². The first-order valence-corrected chi connectivity index (χ1v) is 9.18. The number of likely N-dealkylation sites (N-methyl/N-ethyl adjacent to an activating group) is 1. The number of fused-ring (bicyclic) bond motifs is 1. The van der Waals surface area contributed by atoms with Crippen LogP contribution in [0.15, 0.2) is 47.5 Å². The van der Waals surface area contributed by atoms with Crippen LogP contribution in [0.3, 0.4) is 0 Å². The Hall–Kier alpha value is -2.73. The maximum absolute atomic E-state index is 14.6. The van der Waals surface area contributed by atoms with Gasteiger partial charge in [0, 0.05) is 37.1 Å². The average Bonchev–Trinajstić information content (AvgIpc) is 3.24. The number of nitrogens with zero attached hydrogens (tertiary/aromatic N) is 3. The average molecular weight is 366 g/mol. The molecule has 2 heterocycles. The topological polar surface area (TPSA) is 47.9 Å². The smallest absolute Gasteiger partial charge is 0.237 e. The lowest BCUT2D eigenvalue weighted by Gasteiger charge is -2.22. The van der Waals surface area contributed by atoms with Crippen molar-refractivity contribution in [2.75, 3.05) is 37.4 Å². The van der Waals surface area contributed by atoms with E-state index in [1.165, 1.54) is 6.07 Å². The summed E-state index contributed by atoms with van der Waals surface area (Å²) in [5.41, 5.74) is 2.83. The van der Waals surface area contributed by atoms with Crippen LogP contribution in [0.25, 0.3) is 0 Å². The Morgan fingerprint density at radius 1 is 1.26 bits per heavy atom. The van der Waals surface area contributed by atoms with Gasteiger partial charge in [-0.2, -0.15) is 0 Å². The molecule has 1 N–H and O–H groups in total. The van der Waals surface area contributed by atoms with Gasteiger partial charge in [0.05, 0.1) is 11.4 Å². The second kappa shape index (κ2) is 7.12. The van der Waals surface area contributed by atoms with E-state index in [0.29, 0.717) is 17.4 Å². The van der Waals surface area contributed by atoms with Crippen molar-refractivity contribution in [1.29, 1.82) is 0 Å². The number of carbonyl (C=O) groups excluding carboxylic acids is 1. The van der Waals surface area contributed by atoms with Gasteiger partial charge in [-0.1, -0.05) is 18.2 Å². The predicted octanol–water partition coefficient (Wildman–Crippen LogP) is 3.40. The number of aliphatic imine (C=N–C) groups is 1. The molecule has 1 fully saturated rings. The number of benzene rings is 2. The highest BCUT2D eigenvalue weighted by molar-refractivity contribution is 6.12. The highest BCUT2D eigenvalue weighted by Gasteiger charge is 2.29. The summed E-state index contributed by atoms with van der Waals surface area (Å²) in [7, 11) is 4.11. The largest absolute Gasteiger partial charge is 0.368 e. The third-order valence-corrected chi connectivity index (χ3v) is 5.37. The lowest BCUT2D eigenvalue weighted by atomic mass is 10.0. The zero-order valence-electron chi connectivity index (χ0n) is 15.5. The van der Waals surface area contributed by atoms with Crippen LogP contribution in [0.2, 0.25) is 0 Å². The van der Waals surface area contributed by atoms with Crippen LogP contribution < -0.4 is 10.2 Å². The molecule has 4 rings (SSSR count). The molecular formula is C21H23FN4O. The number of carbonyl (C=O) groups is 1. The van der Waals surface area contributed by atoms with Crippen molar-refractivity contribution in [2.24, 2.45) is 4.99 Å². The lowest BCUT2D eigenvalue weighted by molar-refractivity contribution is -0.115. The zero-order valence-corrected chi connectivity index (χ0v) is 15.5. The fourth-order valence-corrected chi connectivity index (χ4v) is 3.76. The monoisotopic (exact) mass is 366 g/mol. The maximum atomic E-state index is 14.6. The number of amides is 1. The van der Waals surface area contributed by atoms with Gasteiger partial charge in [0.2, 0.25) is 5.91 Å². The van der Waals surface area contributed by atoms with Crippen LogP contribution in [0, 0.1) is 5.82 Å². The van der Waals surface area contributed by atoms with E-state index in [1.807, 2.05) is 24.3 Å². The molecule has 0 spiro atoms. The molecule has 2 aliphatic heterocycles. The van der Waals surface area contributed by atoms with Crippen LogP contribution in [0.4, 0.5) is 21.5 Å². The normalized spacial score (nSPS) is 21.9. The van der Waals surface area contributed by atoms with Gasteiger partial charge < -0.3 is 15.1 Å². The van der Waals surface area contributed by atoms with Gasteiger partial charge in [-0.05, 0) is 44.3 Å². The molecule has 0 aromatic heterocycles. The minimum Gasteiger partial charge on any atom is -0.368 e. The fraction of sp³-hybridized carbons (Fsp3) is 0.333. The molecule has 2 aromatic rings. The van der Waals surface area contributed by atoms with Crippen molar-refractivity contribution in [2.45, 2.75) is 18.4 Å². The molecule has 1 saturated heterocycles. The number of halogens is 1. The SMILES string of the molecule is CN(C)C1CCN(c2ccc(N=CC3C(=O)Nc4ccccc43)cc2F)C1. The minimum atomic E-state index is -0.441. The summed E-state index contributed by atoms with van der Waals surface area (Å²) in [6, 6.07) is 13.0. The van der Waals surface area contributed by atoms with Crippen molar-refractivity contribution < 1.29 is 9.18 Å². The zero-order chi connectivity index (χ0) is 19.0. The van der Waals surface area contributed by atoms with Crippen LogP contribution in [-0.4, -0.2) is 50.2 Å². The molecular weight excluding hydrogens is 343 g/mol. The van der Waals surface area contributed by atoms with E-state index in [9.17, 15) is 9.18 Å². The van der Waals surface area contributed by atoms with Crippen molar-refractivity contribution in [3.63, 3.8) is 0 Å². The highest BCUT2D eigenvalue weighted by Crippen LogP contribution is 2.32. The van der Waals surface area contributed by atoms with E-state index in [4.69, 9.17) is 0 Å². The Balaban J connectivity index is 1.50. The maximum Gasteiger partial charge on any atom is 0.237 e. The summed E-state index contributed by atoms with van der Waals surface area (Å²) in [6.07, 6.45) is 2.62. The third kappa shape index (κ3) is 3.45. The molecule has 0 radical (unpaired) electrons. The number of para-hydroxylation sites is 1. The summed E-state index contributed by atoms with van der Waals surface area (Å²) in [5.74, 6) is -0.826. The van der Waals surface area contributed by atoms with E-state index < -0.39 is 5.92 Å². The molecule has 0 saturated carbocycles. The Bertz CT molecular complexity index is 896. The van der Waals surface area contributed by atoms with Gasteiger partial charge in [-0.25, -0.2) is 4.39 Å². The van der Waals surface area contributed by atoms with Crippen LogP contribution in [0.1, 0.15) is 17.9 Å². The number of rotatable bonds is 4. The molecule has 2 atom stereocenters. The third-order valence-electron chi connectivity index (χ3n) is 5.37. The van der Waals surface area contributed by atoms with Crippen LogP contribution in [-0.2, 0) is 4.79 Å². The van der Waals surface area contributed by atoms with Crippen molar-refractivity contribution in [3.8, 4) is 0 Å². The summed E-state index contributed by atoms with van der Waals surface area (Å²) in [5, 5.41) is 2.84. The number of hydrogen-bond acceptors (Lipinski definition) is 4. The van der Waals surface area contributed by atoms with Crippen molar-refractivity contribution in [3.05, 3.63) is 53.8 Å². The summed E-state index contributed by atoms with van der Waals surface area (Å²) in [4.78, 5) is 20.8. The van der Waals surface area contributed by atoms with E-state index in [2.05, 4.69) is 34.2 Å². The standard InChI is InChI=1S/C21H23FN4O/c1-25(2)15-9-10-26(13-15)20-8-7-14(11-18(20)22)23-12-17-16-5-3-4-6-19(16)24-21(17)27/h3-8,11-12,15,17H,9-10,13H2,1-2H3,(H,24,27). The van der Waals surface area contributed by atoms with Crippen molar-refractivity contribution >= 4 is 29.2 Å². The molecule has 6 heteroatoms. The molecule has 27 heavy (non-hydrogen) atoms. The molecule has 0 bridgehead atoms. The van der Waals surface area contributed by atoms with E-state index in [0.717, 1.165) is 30.8 Å². The van der Waals surface area contributed by atoms with Gasteiger partial charge >= 0.3 is 0 Å². The summed E-state index contributed by atoms with van der Waals surface area (Å²) >= 11 is 0. The summed E-state index contributed by atoms with van der Waals surface area (Å²) < 4.78 is 14.6. The fourth-order valence-electron chi connectivity index (χ4n) is 3.76.